The molecule has 4 heteroatoms. The number of hydrogen-bond donors (Lipinski definition) is 1. The van der Waals surface area contributed by atoms with Gasteiger partial charge in [0.1, 0.15) is 0 Å². The molecule has 1 unspecified atom stereocenters. The van der Waals surface area contributed by atoms with E-state index in [0.29, 0.717) is 12.5 Å². The van der Waals surface area contributed by atoms with E-state index < -0.39 is 0 Å². The Morgan fingerprint density at radius 3 is 2.60 bits per heavy atom. The zero-order valence-corrected chi connectivity index (χ0v) is 9.54. The van der Waals surface area contributed by atoms with E-state index in [-0.39, 0.29) is 5.91 Å². The lowest BCUT2D eigenvalue weighted by Crippen LogP contribution is -2.63. The maximum atomic E-state index is 11.3. The fourth-order valence-electron chi connectivity index (χ4n) is 2.47. The first-order valence-electron chi connectivity index (χ1n) is 6.02. The number of piperazine rings is 3. The van der Waals surface area contributed by atoms with Crippen LogP contribution in [0.1, 0.15) is 19.8 Å². The second kappa shape index (κ2) is 4.94. The summed E-state index contributed by atoms with van der Waals surface area (Å²) in [7, 11) is 0. The molecule has 1 N–H and O–H groups in total. The molecular formula is C11H21N3O. The zero-order valence-electron chi connectivity index (χ0n) is 9.54. The predicted octanol–water partition coefficient (Wildman–Crippen LogP) is -0.0975. The smallest absolute Gasteiger partial charge is 0.220 e. The molecule has 1 amide bonds. The van der Waals surface area contributed by atoms with Crippen LogP contribution < -0.4 is 5.32 Å². The molecule has 3 fully saturated rings. The molecule has 15 heavy (non-hydrogen) atoms. The normalized spacial score (nSPS) is 34.1. The molecule has 0 radical (unpaired) electrons. The van der Waals surface area contributed by atoms with Crippen LogP contribution in [0.4, 0.5) is 0 Å². The average Bonchev–Trinajstić information content (AvgIpc) is 2.28. The van der Waals surface area contributed by atoms with Gasteiger partial charge in [0.05, 0.1) is 0 Å². The van der Waals surface area contributed by atoms with E-state index in [0.717, 1.165) is 19.5 Å². The minimum Gasteiger partial charge on any atom is -0.354 e. The maximum absolute atomic E-state index is 11.3. The van der Waals surface area contributed by atoms with Gasteiger partial charge >= 0.3 is 0 Å². The molecular weight excluding hydrogens is 190 g/mol. The fraction of sp³-hybridized carbons (Fsp3) is 0.909. The Balaban J connectivity index is 1.73. The fourth-order valence-corrected chi connectivity index (χ4v) is 2.47. The molecule has 3 aliphatic rings. The summed E-state index contributed by atoms with van der Waals surface area (Å²) in [5, 5.41) is 3.03. The van der Waals surface area contributed by atoms with Crippen molar-refractivity contribution >= 4 is 5.91 Å². The highest BCUT2D eigenvalue weighted by Gasteiger charge is 2.31. The molecule has 86 valence electrons. The molecule has 0 spiro atoms. The SMILES string of the molecule is CCCC(=O)NCC1CN2CCN1CC2. The van der Waals surface area contributed by atoms with E-state index in [1.807, 2.05) is 6.92 Å². The van der Waals surface area contributed by atoms with Crippen molar-refractivity contribution in [3.05, 3.63) is 0 Å². The van der Waals surface area contributed by atoms with Crippen LogP contribution in [-0.2, 0) is 4.79 Å². The molecule has 0 aromatic rings. The van der Waals surface area contributed by atoms with Gasteiger partial charge in [-0.25, -0.2) is 0 Å². The number of hydrogen-bond acceptors (Lipinski definition) is 3. The monoisotopic (exact) mass is 211 g/mol. The first kappa shape index (κ1) is 10.9. The molecule has 1 atom stereocenters. The average molecular weight is 211 g/mol. The molecule has 2 bridgehead atoms. The Labute approximate surface area is 91.6 Å². The number of fused-ring (bicyclic) bond motifs is 3. The summed E-state index contributed by atoms with van der Waals surface area (Å²) >= 11 is 0. The number of nitrogens with zero attached hydrogens (tertiary/aromatic N) is 2. The van der Waals surface area contributed by atoms with Crippen LogP contribution in [0.5, 0.6) is 0 Å². The molecule has 0 aliphatic carbocycles. The number of rotatable bonds is 4. The third-order valence-corrected chi connectivity index (χ3v) is 3.40. The highest BCUT2D eigenvalue weighted by molar-refractivity contribution is 5.75. The van der Waals surface area contributed by atoms with E-state index in [1.54, 1.807) is 0 Å². The lowest BCUT2D eigenvalue weighted by Gasteiger charge is -2.47. The Hall–Kier alpha value is -0.610. The minimum absolute atomic E-state index is 0.204. The van der Waals surface area contributed by atoms with Crippen molar-refractivity contribution < 1.29 is 4.79 Å². The van der Waals surface area contributed by atoms with Gasteiger partial charge in [0.25, 0.3) is 0 Å². The quantitative estimate of drug-likeness (QED) is 0.705. The first-order valence-corrected chi connectivity index (χ1v) is 6.02. The summed E-state index contributed by atoms with van der Waals surface area (Å²) in [6.07, 6.45) is 1.60. The van der Waals surface area contributed by atoms with Gasteiger partial charge in [0.2, 0.25) is 5.91 Å². The second-order valence-electron chi connectivity index (χ2n) is 4.54. The van der Waals surface area contributed by atoms with Gasteiger partial charge in [-0.05, 0) is 6.42 Å². The molecule has 0 aromatic heterocycles. The highest BCUT2D eigenvalue weighted by atomic mass is 16.1. The van der Waals surface area contributed by atoms with Crippen LogP contribution in [-0.4, -0.2) is 61.0 Å². The summed E-state index contributed by atoms with van der Waals surface area (Å²) in [4.78, 5) is 16.4. The standard InChI is InChI=1S/C11H21N3O/c1-2-3-11(15)12-8-10-9-13-4-6-14(10)7-5-13/h10H,2-9H2,1H3,(H,12,15). The zero-order chi connectivity index (χ0) is 10.7. The van der Waals surface area contributed by atoms with Crippen LogP contribution in [0.3, 0.4) is 0 Å². The topological polar surface area (TPSA) is 35.6 Å². The third kappa shape index (κ3) is 2.69. The van der Waals surface area contributed by atoms with E-state index in [4.69, 9.17) is 0 Å². The number of carbonyl (C=O) groups excluding carboxylic acids is 1. The number of nitrogens with one attached hydrogen (secondary N) is 1. The van der Waals surface area contributed by atoms with Gasteiger partial charge in [-0.3, -0.25) is 14.6 Å². The Kier molecular flexibility index (Phi) is 3.59. The van der Waals surface area contributed by atoms with E-state index >= 15 is 0 Å². The molecule has 3 heterocycles. The van der Waals surface area contributed by atoms with E-state index in [1.165, 1.54) is 26.2 Å². The summed E-state index contributed by atoms with van der Waals surface area (Å²) < 4.78 is 0. The second-order valence-corrected chi connectivity index (χ2v) is 4.54. The molecule has 3 aliphatic heterocycles. The summed E-state index contributed by atoms with van der Waals surface area (Å²) in [5.74, 6) is 0.204. The van der Waals surface area contributed by atoms with Crippen molar-refractivity contribution in [3.63, 3.8) is 0 Å². The molecule has 0 aromatic carbocycles. The van der Waals surface area contributed by atoms with Gasteiger partial charge in [0, 0.05) is 51.7 Å². The molecule has 3 saturated heterocycles. The summed E-state index contributed by atoms with van der Waals surface area (Å²) in [5.41, 5.74) is 0. The van der Waals surface area contributed by atoms with Gasteiger partial charge in [-0.15, -0.1) is 0 Å². The van der Waals surface area contributed by atoms with Gasteiger partial charge < -0.3 is 5.32 Å². The van der Waals surface area contributed by atoms with Crippen molar-refractivity contribution in [2.75, 3.05) is 39.3 Å². The molecule has 3 rings (SSSR count). The summed E-state index contributed by atoms with van der Waals surface area (Å²) in [6, 6.07) is 0.549. The lowest BCUT2D eigenvalue weighted by molar-refractivity contribution is -0.121. The van der Waals surface area contributed by atoms with Crippen LogP contribution in [0, 0.1) is 0 Å². The van der Waals surface area contributed by atoms with Crippen LogP contribution in [0.15, 0.2) is 0 Å². The van der Waals surface area contributed by atoms with Crippen molar-refractivity contribution in [1.29, 1.82) is 0 Å². The van der Waals surface area contributed by atoms with E-state index in [2.05, 4.69) is 15.1 Å². The van der Waals surface area contributed by atoms with Gasteiger partial charge in [0.15, 0.2) is 0 Å². The first-order chi connectivity index (χ1) is 7.29. The third-order valence-electron chi connectivity index (χ3n) is 3.40. The van der Waals surface area contributed by atoms with Gasteiger partial charge in [-0.1, -0.05) is 6.92 Å². The van der Waals surface area contributed by atoms with Crippen molar-refractivity contribution in [2.45, 2.75) is 25.8 Å². The minimum atomic E-state index is 0.204. The van der Waals surface area contributed by atoms with Gasteiger partial charge in [-0.2, -0.15) is 0 Å². The Morgan fingerprint density at radius 1 is 1.33 bits per heavy atom. The van der Waals surface area contributed by atoms with Crippen LogP contribution >= 0.6 is 0 Å². The molecule has 0 saturated carbocycles. The maximum Gasteiger partial charge on any atom is 0.220 e. The molecule has 4 nitrogen and oxygen atoms in total. The van der Waals surface area contributed by atoms with E-state index in [9.17, 15) is 4.79 Å². The van der Waals surface area contributed by atoms with Crippen molar-refractivity contribution in [1.82, 2.24) is 15.1 Å². The predicted molar refractivity (Wildman–Crippen MR) is 59.7 cm³/mol. The Bertz CT molecular complexity index is 224. The lowest BCUT2D eigenvalue weighted by atomic mass is 10.1. The highest BCUT2D eigenvalue weighted by Crippen LogP contribution is 2.14. The number of carbonyl (C=O) groups is 1. The van der Waals surface area contributed by atoms with Crippen molar-refractivity contribution in [3.8, 4) is 0 Å². The van der Waals surface area contributed by atoms with Crippen LogP contribution in [0.2, 0.25) is 0 Å². The van der Waals surface area contributed by atoms with Crippen molar-refractivity contribution in [2.24, 2.45) is 0 Å². The number of amides is 1. The summed E-state index contributed by atoms with van der Waals surface area (Å²) in [6.45, 7) is 8.76. The van der Waals surface area contributed by atoms with Crippen LogP contribution in [0.25, 0.3) is 0 Å². The Morgan fingerprint density at radius 2 is 2.07 bits per heavy atom. The largest absolute Gasteiger partial charge is 0.354 e.